The lowest BCUT2D eigenvalue weighted by Gasteiger charge is -2.11. The zero-order valence-corrected chi connectivity index (χ0v) is 15.4. The molecule has 0 saturated carbocycles. The third-order valence-corrected chi connectivity index (χ3v) is 4.09. The Kier molecular flexibility index (Phi) is 6.79. The van der Waals surface area contributed by atoms with Gasteiger partial charge in [0.25, 0.3) is 5.91 Å². The molecule has 3 aromatic carbocycles. The summed E-state index contributed by atoms with van der Waals surface area (Å²) in [5, 5.41) is 5.45. The minimum atomic E-state index is -0.357. The Morgan fingerprint density at radius 2 is 1.39 bits per heavy atom. The Hall–Kier alpha value is -3.60. The van der Waals surface area contributed by atoms with Gasteiger partial charge in [-0.1, -0.05) is 60.7 Å². The van der Waals surface area contributed by atoms with Crippen LogP contribution >= 0.6 is 0 Å². The van der Waals surface area contributed by atoms with Gasteiger partial charge in [-0.15, -0.1) is 0 Å². The number of ether oxygens (including phenoxy) is 1. The van der Waals surface area contributed by atoms with Crippen LogP contribution in [0.3, 0.4) is 0 Å². The van der Waals surface area contributed by atoms with Crippen LogP contribution in [0.25, 0.3) is 0 Å². The highest BCUT2D eigenvalue weighted by Gasteiger charge is 2.13. The minimum absolute atomic E-state index is 0.0900. The zero-order chi connectivity index (χ0) is 19.6. The van der Waals surface area contributed by atoms with Crippen molar-refractivity contribution in [1.82, 2.24) is 10.6 Å². The molecule has 0 fully saturated rings. The first-order valence-corrected chi connectivity index (χ1v) is 9.13. The molecular weight excluding hydrogens is 352 g/mol. The van der Waals surface area contributed by atoms with Crippen molar-refractivity contribution in [3.8, 4) is 11.5 Å². The third kappa shape index (κ3) is 5.71. The second kappa shape index (κ2) is 9.92. The van der Waals surface area contributed by atoms with Crippen LogP contribution in [0.15, 0.2) is 84.9 Å². The summed E-state index contributed by atoms with van der Waals surface area (Å²) in [4.78, 5) is 24.5. The molecule has 28 heavy (non-hydrogen) atoms. The fraction of sp³-hybridized carbons (Fsp3) is 0.130. The van der Waals surface area contributed by atoms with Crippen molar-refractivity contribution in [1.29, 1.82) is 0 Å². The van der Waals surface area contributed by atoms with Crippen LogP contribution in [0.1, 0.15) is 15.9 Å². The van der Waals surface area contributed by atoms with Gasteiger partial charge in [0, 0.05) is 6.54 Å². The summed E-state index contributed by atoms with van der Waals surface area (Å²) in [6.45, 7) is 0.430. The number of hydrogen-bond acceptors (Lipinski definition) is 3. The first-order chi connectivity index (χ1) is 13.7. The van der Waals surface area contributed by atoms with E-state index in [1.165, 1.54) is 0 Å². The van der Waals surface area contributed by atoms with Gasteiger partial charge in [-0.2, -0.15) is 0 Å². The predicted molar refractivity (Wildman–Crippen MR) is 108 cm³/mol. The van der Waals surface area contributed by atoms with Crippen LogP contribution in [-0.2, 0) is 11.2 Å². The Morgan fingerprint density at radius 3 is 2.14 bits per heavy atom. The normalized spacial score (nSPS) is 10.1. The van der Waals surface area contributed by atoms with Crippen molar-refractivity contribution < 1.29 is 14.3 Å². The SMILES string of the molecule is O=C(CNC(=O)c1ccccc1Oc1ccccc1)NCCc1ccccc1. The van der Waals surface area contributed by atoms with Crippen molar-refractivity contribution in [2.75, 3.05) is 13.1 Å². The fourth-order valence-electron chi connectivity index (χ4n) is 2.67. The van der Waals surface area contributed by atoms with Gasteiger partial charge in [0.15, 0.2) is 0 Å². The molecule has 0 aliphatic carbocycles. The van der Waals surface area contributed by atoms with Gasteiger partial charge in [0.2, 0.25) is 5.91 Å². The van der Waals surface area contributed by atoms with Gasteiger partial charge in [0.1, 0.15) is 11.5 Å². The third-order valence-electron chi connectivity index (χ3n) is 4.09. The van der Waals surface area contributed by atoms with Crippen LogP contribution in [0.4, 0.5) is 0 Å². The highest BCUT2D eigenvalue weighted by Crippen LogP contribution is 2.24. The number of amides is 2. The summed E-state index contributed by atoms with van der Waals surface area (Å²) in [5.41, 5.74) is 1.53. The maximum Gasteiger partial charge on any atom is 0.255 e. The summed E-state index contributed by atoms with van der Waals surface area (Å²) < 4.78 is 5.79. The Bertz CT molecular complexity index is 911. The molecule has 3 rings (SSSR count). The molecule has 5 nitrogen and oxygen atoms in total. The van der Waals surface area contributed by atoms with Gasteiger partial charge >= 0.3 is 0 Å². The highest BCUT2D eigenvalue weighted by atomic mass is 16.5. The van der Waals surface area contributed by atoms with Crippen LogP contribution in [0.2, 0.25) is 0 Å². The van der Waals surface area contributed by atoms with E-state index in [0.29, 0.717) is 23.6 Å². The number of nitrogens with one attached hydrogen (secondary N) is 2. The van der Waals surface area contributed by atoms with Crippen LogP contribution in [0.5, 0.6) is 11.5 Å². The van der Waals surface area contributed by atoms with Crippen LogP contribution in [-0.4, -0.2) is 24.9 Å². The topological polar surface area (TPSA) is 67.4 Å². The largest absolute Gasteiger partial charge is 0.457 e. The average molecular weight is 374 g/mol. The van der Waals surface area contributed by atoms with E-state index in [2.05, 4.69) is 10.6 Å². The molecule has 0 heterocycles. The minimum Gasteiger partial charge on any atom is -0.457 e. The molecule has 142 valence electrons. The monoisotopic (exact) mass is 374 g/mol. The zero-order valence-electron chi connectivity index (χ0n) is 15.4. The molecular formula is C23H22N2O3. The summed E-state index contributed by atoms with van der Waals surface area (Å²) in [7, 11) is 0. The van der Waals surface area contributed by atoms with Crippen LogP contribution < -0.4 is 15.4 Å². The molecule has 0 unspecified atom stereocenters. The maximum absolute atomic E-state index is 12.5. The molecule has 2 N–H and O–H groups in total. The van der Waals surface area contributed by atoms with E-state index in [4.69, 9.17) is 4.74 Å². The summed E-state index contributed by atoms with van der Waals surface area (Å²) in [5.74, 6) is 0.493. The van der Waals surface area contributed by atoms with Crippen LogP contribution in [0, 0.1) is 0 Å². The van der Waals surface area contributed by atoms with E-state index >= 15 is 0 Å². The lowest BCUT2D eigenvalue weighted by Crippen LogP contribution is -2.37. The van der Waals surface area contributed by atoms with Gasteiger partial charge in [-0.25, -0.2) is 0 Å². The van der Waals surface area contributed by atoms with Crippen molar-refractivity contribution >= 4 is 11.8 Å². The standard InChI is InChI=1S/C23H22N2O3/c26-22(24-16-15-18-9-3-1-4-10-18)17-25-23(27)20-13-7-8-14-21(20)28-19-11-5-2-6-12-19/h1-14H,15-17H2,(H,24,26)(H,25,27). The van der Waals surface area contributed by atoms with E-state index < -0.39 is 0 Å². The molecule has 2 amide bonds. The average Bonchev–Trinajstić information content (AvgIpc) is 2.74. The Balaban J connectivity index is 1.50. The first kappa shape index (κ1) is 19.2. The molecule has 0 atom stereocenters. The number of para-hydroxylation sites is 2. The van der Waals surface area contributed by atoms with E-state index in [-0.39, 0.29) is 18.4 Å². The molecule has 0 aliphatic rings. The van der Waals surface area contributed by atoms with E-state index in [0.717, 1.165) is 12.0 Å². The van der Waals surface area contributed by atoms with Gasteiger partial charge < -0.3 is 15.4 Å². The van der Waals surface area contributed by atoms with Gasteiger partial charge in [0.05, 0.1) is 12.1 Å². The lowest BCUT2D eigenvalue weighted by molar-refractivity contribution is -0.120. The fourth-order valence-corrected chi connectivity index (χ4v) is 2.67. The molecule has 0 saturated heterocycles. The van der Waals surface area contributed by atoms with Gasteiger partial charge in [-0.3, -0.25) is 9.59 Å². The molecule has 3 aromatic rings. The Labute approximate surface area is 164 Å². The predicted octanol–water partition coefficient (Wildman–Crippen LogP) is 3.57. The van der Waals surface area contributed by atoms with Crippen molar-refractivity contribution in [2.24, 2.45) is 0 Å². The molecule has 0 spiro atoms. The molecule has 0 radical (unpaired) electrons. The second-order valence-electron chi connectivity index (χ2n) is 6.18. The molecule has 0 aromatic heterocycles. The van der Waals surface area contributed by atoms with Crippen molar-refractivity contribution in [3.63, 3.8) is 0 Å². The Morgan fingerprint density at radius 1 is 0.750 bits per heavy atom. The smallest absolute Gasteiger partial charge is 0.255 e. The lowest BCUT2D eigenvalue weighted by atomic mass is 10.1. The summed E-state index contributed by atoms with van der Waals surface area (Å²) in [6.07, 6.45) is 0.744. The molecule has 5 heteroatoms. The van der Waals surface area contributed by atoms with E-state index in [1.54, 1.807) is 24.3 Å². The highest BCUT2D eigenvalue weighted by molar-refractivity contribution is 5.98. The molecule has 0 bridgehead atoms. The molecule has 0 aliphatic heterocycles. The number of hydrogen-bond donors (Lipinski definition) is 2. The number of benzene rings is 3. The summed E-state index contributed by atoms with van der Waals surface area (Å²) in [6, 6.07) is 26.1. The van der Waals surface area contributed by atoms with E-state index in [1.807, 2.05) is 60.7 Å². The van der Waals surface area contributed by atoms with Crippen molar-refractivity contribution in [3.05, 3.63) is 96.1 Å². The number of carbonyl (C=O) groups excluding carboxylic acids is 2. The number of rotatable bonds is 8. The first-order valence-electron chi connectivity index (χ1n) is 9.13. The van der Waals surface area contributed by atoms with Gasteiger partial charge in [-0.05, 0) is 36.2 Å². The van der Waals surface area contributed by atoms with E-state index in [9.17, 15) is 9.59 Å². The second-order valence-corrected chi connectivity index (χ2v) is 6.18. The number of carbonyl (C=O) groups is 2. The maximum atomic E-state index is 12.5. The quantitative estimate of drug-likeness (QED) is 0.633. The summed E-state index contributed by atoms with van der Waals surface area (Å²) >= 11 is 0. The van der Waals surface area contributed by atoms with Crippen molar-refractivity contribution in [2.45, 2.75) is 6.42 Å².